The molecule has 130 valence electrons. The van der Waals surface area contributed by atoms with E-state index in [9.17, 15) is 4.79 Å². The lowest BCUT2D eigenvalue weighted by molar-refractivity contribution is -0.114. The zero-order chi connectivity index (χ0) is 18.0. The molecule has 0 fully saturated rings. The van der Waals surface area contributed by atoms with Crippen molar-refractivity contribution < 1.29 is 9.63 Å². The molecule has 0 saturated heterocycles. The van der Waals surface area contributed by atoms with Gasteiger partial charge in [0.05, 0.1) is 21.5 Å². The summed E-state index contributed by atoms with van der Waals surface area (Å²) in [6.07, 6.45) is 1.58. The average molecular weight is 419 g/mol. The predicted octanol–water partition coefficient (Wildman–Crippen LogP) is 5.00. The number of hydrogen-bond donors (Lipinski definition) is 1. The van der Waals surface area contributed by atoms with Gasteiger partial charge in [-0.25, -0.2) is 0 Å². The number of oxime groups is 1. The van der Waals surface area contributed by atoms with Crippen LogP contribution in [0.1, 0.15) is 23.8 Å². The molecule has 0 spiro atoms. The number of nitrogens with zero attached hydrogens (tertiary/aromatic N) is 2. The number of benzene rings is 1. The molecule has 1 aromatic carbocycles. The van der Waals surface area contributed by atoms with Crippen LogP contribution in [0.15, 0.2) is 41.7 Å². The molecule has 0 radical (unpaired) electrons. The van der Waals surface area contributed by atoms with E-state index in [1.807, 2.05) is 0 Å². The number of amides is 1. The van der Waals surface area contributed by atoms with Crippen LogP contribution in [0.4, 0.5) is 5.69 Å². The number of halogens is 4. The fraction of sp³-hybridized carbons (Fsp3) is 0.188. The van der Waals surface area contributed by atoms with Crippen molar-refractivity contribution in [3.05, 3.63) is 57.8 Å². The first kappa shape index (κ1) is 18.3. The number of hydrogen-bond acceptors (Lipinski definition) is 4. The molecule has 3 rings (SSSR count). The van der Waals surface area contributed by atoms with Gasteiger partial charge in [-0.2, -0.15) is 0 Å². The zero-order valence-corrected chi connectivity index (χ0v) is 15.6. The molecule has 1 aliphatic heterocycles. The third-order valence-corrected chi connectivity index (χ3v) is 4.52. The predicted molar refractivity (Wildman–Crippen MR) is 99.8 cm³/mol. The van der Waals surface area contributed by atoms with Gasteiger partial charge in [0.1, 0.15) is 0 Å². The van der Waals surface area contributed by atoms with Crippen molar-refractivity contribution >= 4 is 63.7 Å². The topological polar surface area (TPSA) is 63.6 Å². The van der Waals surface area contributed by atoms with Crippen molar-refractivity contribution in [2.75, 3.05) is 5.32 Å². The number of pyridine rings is 1. The Kier molecular flexibility index (Phi) is 5.69. The van der Waals surface area contributed by atoms with Crippen molar-refractivity contribution in [3.8, 4) is 0 Å². The molecule has 1 aliphatic rings. The summed E-state index contributed by atoms with van der Waals surface area (Å²) in [4.78, 5) is 20.2. The highest BCUT2D eigenvalue weighted by Gasteiger charge is 2.28. The maximum absolute atomic E-state index is 11.6. The highest BCUT2D eigenvalue weighted by molar-refractivity contribution is 6.54. The van der Waals surface area contributed by atoms with Crippen LogP contribution < -0.4 is 5.32 Å². The van der Waals surface area contributed by atoms with Gasteiger partial charge in [-0.15, -0.1) is 0 Å². The summed E-state index contributed by atoms with van der Waals surface area (Å²) in [6.45, 7) is 0. The van der Waals surface area contributed by atoms with Gasteiger partial charge in [-0.3, -0.25) is 9.78 Å². The third kappa shape index (κ3) is 4.18. The van der Waals surface area contributed by atoms with Crippen LogP contribution in [-0.4, -0.2) is 21.4 Å². The first-order valence-corrected chi connectivity index (χ1v) is 8.80. The molecule has 1 aromatic heterocycles. The Hall–Kier alpha value is -1.53. The van der Waals surface area contributed by atoms with Crippen LogP contribution in [0.2, 0.25) is 10.0 Å². The first-order valence-electron chi connectivity index (χ1n) is 7.17. The Morgan fingerprint density at radius 2 is 1.96 bits per heavy atom. The number of alkyl halides is 2. The Labute approximate surface area is 163 Å². The van der Waals surface area contributed by atoms with Gasteiger partial charge in [0.15, 0.2) is 10.9 Å². The lowest BCUT2D eigenvalue weighted by atomic mass is 10.0. The van der Waals surface area contributed by atoms with Gasteiger partial charge in [0, 0.05) is 23.9 Å². The largest absolute Gasteiger partial charge is 0.385 e. The quantitative estimate of drug-likeness (QED) is 0.710. The van der Waals surface area contributed by atoms with Crippen molar-refractivity contribution in [2.24, 2.45) is 5.16 Å². The third-order valence-electron chi connectivity index (χ3n) is 3.50. The number of nitrogens with one attached hydrogen (secondary N) is 1. The Morgan fingerprint density at radius 3 is 2.64 bits per heavy atom. The van der Waals surface area contributed by atoms with Gasteiger partial charge in [-0.1, -0.05) is 57.6 Å². The summed E-state index contributed by atoms with van der Waals surface area (Å²) in [7, 11) is 0. The van der Waals surface area contributed by atoms with Crippen LogP contribution in [0.25, 0.3) is 0 Å². The molecule has 2 aromatic rings. The van der Waals surface area contributed by atoms with E-state index < -0.39 is 16.8 Å². The second-order valence-corrected chi connectivity index (χ2v) is 7.10. The summed E-state index contributed by atoms with van der Waals surface area (Å²) in [5.41, 5.74) is 2.39. The smallest absolute Gasteiger partial charge is 0.257 e. The van der Waals surface area contributed by atoms with E-state index in [2.05, 4.69) is 15.5 Å². The molecule has 1 N–H and O–H groups in total. The lowest BCUT2D eigenvalue weighted by Crippen LogP contribution is -2.18. The average Bonchev–Trinajstić information content (AvgIpc) is 3.04. The molecule has 0 bridgehead atoms. The summed E-state index contributed by atoms with van der Waals surface area (Å²) in [6, 6.07) is 8.53. The van der Waals surface area contributed by atoms with E-state index in [1.165, 1.54) is 0 Å². The normalized spacial score (nSPS) is 16.5. The van der Waals surface area contributed by atoms with E-state index in [1.54, 1.807) is 36.5 Å². The van der Waals surface area contributed by atoms with E-state index in [-0.39, 0.29) is 0 Å². The molecular formula is C16H11Cl4N3O2. The van der Waals surface area contributed by atoms with Crippen LogP contribution >= 0.6 is 46.4 Å². The van der Waals surface area contributed by atoms with E-state index in [4.69, 9.17) is 51.2 Å². The summed E-state index contributed by atoms with van der Waals surface area (Å²) in [5, 5.41) is 7.67. The van der Waals surface area contributed by atoms with Crippen LogP contribution in [0.5, 0.6) is 0 Å². The molecule has 1 atom stereocenters. The second-order valence-electron chi connectivity index (χ2n) is 5.19. The second kappa shape index (κ2) is 7.79. The van der Waals surface area contributed by atoms with Gasteiger partial charge in [0.2, 0.25) is 0 Å². The molecule has 2 heterocycles. The Morgan fingerprint density at radius 1 is 1.24 bits per heavy atom. The van der Waals surface area contributed by atoms with Crippen molar-refractivity contribution in [1.82, 2.24) is 4.98 Å². The molecule has 1 unspecified atom stereocenters. The van der Waals surface area contributed by atoms with Crippen LogP contribution in [0.3, 0.4) is 0 Å². The number of aromatic nitrogens is 1. The Balaban J connectivity index is 1.76. The number of carbonyl (C=O) groups is 1. The maximum Gasteiger partial charge on any atom is 0.257 e. The zero-order valence-electron chi connectivity index (χ0n) is 12.5. The molecule has 25 heavy (non-hydrogen) atoms. The number of carbonyl (C=O) groups excluding carboxylic acids is 1. The first-order chi connectivity index (χ1) is 12.0. The SMILES string of the molecule is O=C(Nc1ccnc(C2CC(c3c(Cl)cccc3Cl)=NO2)c1)C(Cl)Cl. The molecule has 5 nitrogen and oxygen atoms in total. The summed E-state index contributed by atoms with van der Waals surface area (Å²) >= 11 is 23.5. The fourth-order valence-corrected chi connectivity index (χ4v) is 3.08. The van der Waals surface area contributed by atoms with E-state index in [0.717, 1.165) is 0 Å². The van der Waals surface area contributed by atoms with Crippen molar-refractivity contribution in [2.45, 2.75) is 17.4 Å². The molecule has 0 aliphatic carbocycles. The lowest BCUT2D eigenvalue weighted by Gasteiger charge is -2.11. The molecule has 1 amide bonds. The van der Waals surface area contributed by atoms with Gasteiger partial charge < -0.3 is 10.2 Å². The minimum atomic E-state index is -1.16. The summed E-state index contributed by atoms with van der Waals surface area (Å²) < 4.78 is 0. The van der Waals surface area contributed by atoms with Crippen molar-refractivity contribution in [3.63, 3.8) is 0 Å². The van der Waals surface area contributed by atoms with Gasteiger partial charge >= 0.3 is 0 Å². The molecular weight excluding hydrogens is 408 g/mol. The van der Waals surface area contributed by atoms with Gasteiger partial charge in [0.25, 0.3) is 5.91 Å². The van der Waals surface area contributed by atoms with Gasteiger partial charge in [-0.05, 0) is 24.3 Å². The fourth-order valence-electron chi connectivity index (χ4n) is 2.36. The van der Waals surface area contributed by atoms with Crippen LogP contribution in [0, 0.1) is 0 Å². The standard InChI is InChI=1S/C16H11Cl4N3O2/c17-9-2-1-3-10(18)14(9)12-7-13(25-23-12)11-6-8(4-5-21-11)22-16(24)15(19)20/h1-6,13,15H,7H2,(H,21,22,24). The van der Waals surface area contributed by atoms with E-state index in [0.29, 0.717) is 39.1 Å². The minimum Gasteiger partial charge on any atom is -0.385 e. The van der Waals surface area contributed by atoms with E-state index >= 15 is 0 Å². The molecule has 0 saturated carbocycles. The molecule has 9 heteroatoms. The Bertz CT molecular complexity index is 822. The maximum atomic E-state index is 11.6. The highest BCUT2D eigenvalue weighted by Crippen LogP contribution is 2.34. The highest BCUT2D eigenvalue weighted by atomic mass is 35.5. The monoisotopic (exact) mass is 417 g/mol. The number of anilines is 1. The van der Waals surface area contributed by atoms with Crippen LogP contribution in [-0.2, 0) is 9.63 Å². The minimum absolute atomic E-state index is 0.415. The number of rotatable bonds is 4. The van der Waals surface area contributed by atoms with Crippen molar-refractivity contribution in [1.29, 1.82) is 0 Å². The summed E-state index contributed by atoms with van der Waals surface area (Å²) in [5.74, 6) is -0.521.